The Morgan fingerprint density at radius 2 is 1.88 bits per heavy atom. The summed E-state index contributed by atoms with van der Waals surface area (Å²) in [6.45, 7) is 4.41. The maximum Gasteiger partial charge on any atom is 0.262 e. The molecule has 1 N–H and O–H groups in total. The van der Waals surface area contributed by atoms with Gasteiger partial charge in [-0.1, -0.05) is 31.2 Å². The third-order valence-corrected chi connectivity index (χ3v) is 4.27. The molecular weight excluding hydrogens is 328 g/mol. The van der Waals surface area contributed by atoms with Gasteiger partial charge < -0.3 is 14.6 Å². The summed E-state index contributed by atoms with van der Waals surface area (Å²) in [7, 11) is 0. The second kappa shape index (κ2) is 7.87. The molecule has 0 fully saturated rings. The molecule has 5 nitrogen and oxygen atoms in total. The molecule has 0 radical (unpaired) electrons. The van der Waals surface area contributed by atoms with E-state index in [0.29, 0.717) is 12.3 Å². The molecular formula is C21H22N2O3. The Bertz CT molecular complexity index is 992. The summed E-state index contributed by atoms with van der Waals surface area (Å²) in [5, 5.41) is 3.64. The van der Waals surface area contributed by atoms with E-state index in [4.69, 9.17) is 4.74 Å². The third kappa shape index (κ3) is 3.77. The molecule has 1 amide bonds. The van der Waals surface area contributed by atoms with Crippen LogP contribution in [-0.4, -0.2) is 17.1 Å². The highest BCUT2D eigenvalue weighted by Gasteiger charge is 2.10. The van der Waals surface area contributed by atoms with Crippen LogP contribution in [0.1, 0.15) is 19.4 Å². The quantitative estimate of drug-likeness (QED) is 0.739. The lowest BCUT2D eigenvalue weighted by Gasteiger charge is -2.13. The van der Waals surface area contributed by atoms with Gasteiger partial charge in [-0.25, -0.2) is 0 Å². The van der Waals surface area contributed by atoms with Gasteiger partial charge in [0.1, 0.15) is 5.75 Å². The third-order valence-electron chi connectivity index (χ3n) is 4.27. The number of hydrogen-bond donors (Lipinski definition) is 1. The molecule has 3 aromatic rings. The number of amides is 1. The van der Waals surface area contributed by atoms with E-state index in [1.165, 1.54) is 6.07 Å². The van der Waals surface area contributed by atoms with Gasteiger partial charge in [-0.05, 0) is 43.2 Å². The van der Waals surface area contributed by atoms with Crippen molar-refractivity contribution in [3.05, 3.63) is 70.5 Å². The molecule has 0 bridgehead atoms. The molecule has 26 heavy (non-hydrogen) atoms. The molecule has 5 heteroatoms. The van der Waals surface area contributed by atoms with Crippen LogP contribution in [0.3, 0.4) is 0 Å². The van der Waals surface area contributed by atoms with Crippen LogP contribution < -0.4 is 15.6 Å². The zero-order chi connectivity index (χ0) is 18.5. The van der Waals surface area contributed by atoms with Crippen LogP contribution in [-0.2, 0) is 17.8 Å². The van der Waals surface area contributed by atoms with E-state index in [2.05, 4.69) is 12.2 Å². The first-order valence-corrected chi connectivity index (χ1v) is 8.76. The number of nitrogens with zero attached hydrogens (tertiary/aromatic N) is 1. The van der Waals surface area contributed by atoms with Crippen LogP contribution in [0.2, 0.25) is 0 Å². The van der Waals surface area contributed by atoms with E-state index in [1.807, 2.05) is 55.5 Å². The normalized spacial score (nSPS) is 10.7. The topological polar surface area (TPSA) is 60.3 Å². The van der Waals surface area contributed by atoms with Crippen LogP contribution in [0.15, 0.2) is 59.4 Å². The Balaban J connectivity index is 1.77. The molecule has 0 aliphatic rings. The van der Waals surface area contributed by atoms with E-state index in [-0.39, 0.29) is 18.1 Å². The summed E-state index contributed by atoms with van der Waals surface area (Å²) >= 11 is 0. The van der Waals surface area contributed by atoms with Gasteiger partial charge in [-0.15, -0.1) is 0 Å². The number of pyridine rings is 1. The maximum absolute atomic E-state index is 12.3. The minimum atomic E-state index is -0.262. The van der Waals surface area contributed by atoms with Gasteiger partial charge in [-0.2, -0.15) is 0 Å². The van der Waals surface area contributed by atoms with Crippen molar-refractivity contribution in [2.45, 2.75) is 26.8 Å². The monoisotopic (exact) mass is 350 g/mol. The minimum Gasteiger partial charge on any atom is -0.483 e. The first-order chi connectivity index (χ1) is 12.6. The Morgan fingerprint density at radius 3 is 2.65 bits per heavy atom. The van der Waals surface area contributed by atoms with E-state index in [9.17, 15) is 9.59 Å². The molecule has 0 spiro atoms. The summed E-state index contributed by atoms with van der Waals surface area (Å²) in [6.07, 6.45) is 0.903. The van der Waals surface area contributed by atoms with Crippen molar-refractivity contribution < 1.29 is 9.53 Å². The van der Waals surface area contributed by atoms with E-state index < -0.39 is 0 Å². The summed E-state index contributed by atoms with van der Waals surface area (Å²) in [5.41, 5.74) is 2.55. The predicted octanol–water partition coefficient (Wildman–Crippen LogP) is 3.60. The molecule has 1 aromatic heterocycles. The van der Waals surface area contributed by atoms with Gasteiger partial charge in [0.2, 0.25) is 0 Å². The zero-order valence-electron chi connectivity index (χ0n) is 15.0. The van der Waals surface area contributed by atoms with Gasteiger partial charge in [0.25, 0.3) is 11.5 Å². The molecule has 3 rings (SSSR count). The second-order valence-electron chi connectivity index (χ2n) is 6.00. The number of aryl methyl sites for hydroxylation is 2. The maximum atomic E-state index is 12.3. The van der Waals surface area contributed by atoms with Crippen LogP contribution in [0, 0.1) is 0 Å². The first-order valence-electron chi connectivity index (χ1n) is 8.76. The fourth-order valence-electron chi connectivity index (χ4n) is 2.96. The molecule has 0 unspecified atom stereocenters. The highest BCUT2D eigenvalue weighted by Crippen LogP contribution is 2.23. The molecule has 134 valence electrons. The molecule has 0 atom stereocenters. The second-order valence-corrected chi connectivity index (χ2v) is 6.00. The number of rotatable bonds is 6. The number of anilines is 1. The highest BCUT2D eigenvalue weighted by molar-refractivity contribution is 5.92. The van der Waals surface area contributed by atoms with Crippen molar-refractivity contribution >= 4 is 22.5 Å². The summed E-state index contributed by atoms with van der Waals surface area (Å²) < 4.78 is 7.34. The number of benzene rings is 2. The SMILES string of the molecule is CCc1cccc(NC(=O)COc2cc(=O)n(CC)c3ccccc23)c1. The fourth-order valence-corrected chi connectivity index (χ4v) is 2.96. The first kappa shape index (κ1) is 17.7. The summed E-state index contributed by atoms with van der Waals surface area (Å²) in [6, 6.07) is 16.7. The number of hydrogen-bond acceptors (Lipinski definition) is 3. The van der Waals surface area contributed by atoms with Crippen molar-refractivity contribution in [2.24, 2.45) is 0 Å². The molecule has 0 aliphatic carbocycles. The number of nitrogens with one attached hydrogen (secondary N) is 1. The average molecular weight is 350 g/mol. The van der Waals surface area contributed by atoms with Gasteiger partial charge in [0, 0.05) is 23.7 Å². The number of carbonyl (C=O) groups is 1. The van der Waals surface area contributed by atoms with Crippen LogP contribution >= 0.6 is 0 Å². The van der Waals surface area contributed by atoms with Gasteiger partial charge >= 0.3 is 0 Å². The van der Waals surface area contributed by atoms with Gasteiger partial charge in [-0.3, -0.25) is 9.59 Å². The van der Waals surface area contributed by atoms with Crippen molar-refractivity contribution in [3.8, 4) is 5.75 Å². The van der Waals surface area contributed by atoms with E-state index in [0.717, 1.165) is 28.6 Å². The fraction of sp³-hybridized carbons (Fsp3) is 0.238. The smallest absolute Gasteiger partial charge is 0.262 e. The highest BCUT2D eigenvalue weighted by atomic mass is 16.5. The lowest BCUT2D eigenvalue weighted by Crippen LogP contribution is -2.23. The van der Waals surface area contributed by atoms with Gasteiger partial charge in [0.15, 0.2) is 6.61 Å². The average Bonchev–Trinajstić information content (AvgIpc) is 2.66. The number of para-hydroxylation sites is 1. The Kier molecular flexibility index (Phi) is 5.37. The molecule has 2 aromatic carbocycles. The van der Waals surface area contributed by atoms with Crippen molar-refractivity contribution in [1.29, 1.82) is 0 Å². The molecule has 0 saturated heterocycles. The Labute approximate surface area is 152 Å². The van der Waals surface area contributed by atoms with Crippen molar-refractivity contribution in [2.75, 3.05) is 11.9 Å². The molecule has 0 saturated carbocycles. The largest absolute Gasteiger partial charge is 0.483 e. The molecule has 0 aliphatic heterocycles. The van der Waals surface area contributed by atoms with Crippen LogP contribution in [0.4, 0.5) is 5.69 Å². The number of fused-ring (bicyclic) bond motifs is 1. The standard InChI is InChI=1S/C21H22N2O3/c1-3-15-8-7-9-16(12-15)22-20(24)14-26-19-13-21(25)23(4-2)18-11-6-5-10-17(18)19/h5-13H,3-4,14H2,1-2H3,(H,22,24). The Morgan fingerprint density at radius 1 is 1.08 bits per heavy atom. The van der Waals surface area contributed by atoms with E-state index in [1.54, 1.807) is 4.57 Å². The summed E-state index contributed by atoms with van der Waals surface area (Å²) in [5.74, 6) is 0.162. The zero-order valence-corrected chi connectivity index (χ0v) is 15.0. The Hall–Kier alpha value is -3.08. The van der Waals surface area contributed by atoms with Gasteiger partial charge in [0.05, 0.1) is 5.52 Å². The minimum absolute atomic E-state index is 0.141. The van der Waals surface area contributed by atoms with Crippen LogP contribution in [0.5, 0.6) is 5.75 Å². The lowest BCUT2D eigenvalue weighted by molar-refractivity contribution is -0.118. The predicted molar refractivity (Wildman–Crippen MR) is 104 cm³/mol. The number of ether oxygens (including phenoxy) is 1. The number of aromatic nitrogens is 1. The van der Waals surface area contributed by atoms with E-state index >= 15 is 0 Å². The van der Waals surface area contributed by atoms with Crippen LogP contribution in [0.25, 0.3) is 10.9 Å². The summed E-state index contributed by atoms with van der Waals surface area (Å²) in [4.78, 5) is 24.5. The number of carbonyl (C=O) groups excluding carboxylic acids is 1. The molecule has 1 heterocycles. The van der Waals surface area contributed by atoms with Crippen molar-refractivity contribution in [1.82, 2.24) is 4.57 Å². The lowest BCUT2D eigenvalue weighted by atomic mass is 10.1. The van der Waals surface area contributed by atoms with Crippen molar-refractivity contribution in [3.63, 3.8) is 0 Å².